The number of ether oxygens (including phenoxy) is 3. The van der Waals surface area contributed by atoms with E-state index < -0.39 is 11.9 Å². The molecule has 1 N–H and O–H groups in total. The van der Waals surface area contributed by atoms with Gasteiger partial charge in [-0.2, -0.15) is 0 Å². The average Bonchev–Trinajstić information content (AvgIpc) is 2.68. The first-order chi connectivity index (χ1) is 13.8. The van der Waals surface area contributed by atoms with Crippen LogP contribution in [0.2, 0.25) is 0 Å². The topological polar surface area (TPSA) is 73.9 Å². The molecule has 2 rings (SSSR count). The zero-order valence-electron chi connectivity index (χ0n) is 17.1. The highest BCUT2D eigenvalue weighted by Gasteiger charge is 2.15. The summed E-state index contributed by atoms with van der Waals surface area (Å²) < 4.78 is 17.1. The Hall–Kier alpha value is -2.54. The fourth-order valence-corrected chi connectivity index (χ4v) is 2.96. The molecule has 0 atom stereocenters. The van der Waals surface area contributed by atoms with E-state index in [0.717, 1.165) is 16.5 Å². The predicted octanol–water partition coefficient (Wildman–Crippen LogP) is 4.99. The van der Waals surface area contributed by atoms with Crippen LogP contribution in [-0.2, 0) is 9.53 Å². The fraction of sp³-hybridized carbons (Fsp3) is 0.364. The summed E-state index contributed by atoms with van der Waals surface area (Å²) in [6, 6.07) is 10.3. The number of aryl methyl sites for hydroxylation is 1. The summed E-state index contributed by atoms with van der Waals surface area (Å²) in [4.78, 5) is 24.4. The van der Waals surface area contributed by atoms with E-state index in [1.807, 2.05) is 19.1 Å². The van der Waals surface area contributed by atoms with Crippen molar-refractivity contribution in [2.45, 2.75) is 27.2 Å². The van der Waals surface area contributed by atoms with Crippen LogP contribution in [0.5, 0.6) is 11.5 Å². The van der Waals surface area contributed by atoms with Gasteiger partial charge in [0.2, 0.25) is 0 Å². The molecule has 7 heteroatoms. The van der Waals surface area contributed by atoms with Crippen molar-refractivity contribution in [3.8, 4) is 11.5 Å². The molecule has 0 aliphatic heterocycles. The lowest BCUT2D eigenvalue weighted by atomic mass is 10.1. The molecule has 1 amide bonds. The molecule has 0 fully saturated rings. The molecule has 29 heavy (non-hydrogen) atoms. The second-order valence-corrected chi connectivity index (χ2v) is 7.90. The first-order valence-electron chi connectivity index (χ1n) is 9.34. The number of carbonyl (C=O) groups excluding carboxylic acids is 2. The quantitative estimate of drug-likeness (QED) is 0.530. The molecule has 2 aromatic rings. The van der Waals surface area contributed by atoms with Gasteiger partial charge in [-0.15, -0.1) is 0 Å². The summed E-state index contributed by atoms with van der Waals surface area (Å²) in [7, 11) is 1.51. The average molecular weight is 464 g/mol. The van der Waals surface area contributed by atoms with E-state index in [2.05, 4.69) is 35.1 Å². The van der Waals surface area contributed by atoms with E-state index in [-0.39, 0.29) is 12.2 Å². The monoisotopic (exact) mass is 463 g/mol. The van der Waals surface area contributed by atoms with Crippen LogP contribution in [0.25, 0.3) is 0 Å². The van der Waals surface area contributed by atoms with E-state index >= 15 is 0 Å². The van der Waals surface area contributed by atoms with Gasteiger partial charge in [-0.25, -0.2) is 4.79 Å². The van der Waals surface area contributed by atoms with E-state index in [1.54, 1.807) is 24.3 Å². The molecule has 6 nitrogen and oxygen atoms in total. The number of hydrogen-bond acceptors (Lipinski definition) is 5. The van der Waals surface area contributed by atoms with E-state index in [0.29, 0.717) is 29.7 Å². The lowest BCUT2D eigenvalue weighted by Crippen LogP contribution is -2.21. The Labute approximate surface area is 179 Å². The molecular formula is C22H26BrNO5. The summed E-state index contributed by atoms with van der Waals surface area (Å²) in [5.74, 6) is 0.512. The second kappa shape index (κ2) is 10.9. The Morgan fingerprint density at radius 1 is 1.10 bits per heavy atom. The minimum atomic E-state index is -0.611. The van der Waals surface area contributed by atoms with Crippen LogP contribution >= 0.6 is 15.9 Å². The third-order valence-corrected chi connectivity index (χ3v) is 4.64. The molecule has 0 aliphatic rings. The van der Waals surface area contributed by atoms with Crippen LogP contribution in [0.4, 0.5) is 5.69 Å². The number of hydrogen-bond donors (Lipinski definition) is 1. The van der Waals surface area contributed by atoms with Crippen molar-refractivity contribution >= 4 is 33.5 Å². The summed E-state index contributed by atoms with van der Waals surface area (Å²) in [5, 5.41) is 2.73. The lowest BCUT2D eigenvalue weighted by Gasteiger charge is -2.13. The van der Waals surface area contributed by atoms with Gasteiger partial charge in [0.25, 0.3) is 5.91 Å². The summed E-state index contributed by atoms with van der Waals surface area (Å²) >= 11 is 3.37. The largest absolute Gasteiger partial charge is 0.493 e. The summed E-state index contributed by atoms with van der Waals surface area (Å²) in [6.45, 7) is 6.29. The van der Waals surface area contributed by atoms with Gasteiger partial charge in [-0.3, -0.25) is 4.79 Å². The van der Waals surface area contributed by atoms with Crippen molar-refractivity contribution in [1.82, 2.24) is 0 Å². The van der Waals surface area contributed by atoms with Crippen LogP contribution in [0.1, 0.15) is 36.2 Å². The summed E-state index contributed by atoms with van der Waals surface area (Å²) in [5.41, 5.74) is 1.85. The number of rotatable bonds is 9. The zero-order chi connectivity index (χ0) is 21.4. The van der Waals surface area contributed by atoms with Gasteiger partial charge in [0, 0.05) is 10.2 Å². The van der Waals surface area contributed by atoms with Gasteiger partial charge < -0.3 is 19.5 Å². The maximum atomic E-state index is 12.3. The Morgan fingerprint density at radius 3 is 2.52 bits per heavy atom. The lowest BCUT2D eigenvalue weighted by molar-refractivity contribution is -0.119. The van der Waals surface area contributed by atoms with Gasteiger partial charge in [-0.1, -0.05) is 29.8 Å². The first kappa shape index (κ1) is 22.7. The van der Waals surface area contributed by atoms with Crippen LogP contribution in [0.3, 0.4) is 0 Å². The normalized spacial score (nSPS) is 10.6. The van der Waals surface area contributed by atoms with Crippen molar-refractivity contribution in [1.29, 1.82) is 0 Å². The Kier molecular flexibility index (Phi) is 8.51. The van der Waals surface area contributed by atoms with Crippen LogP contribution in [0.15, 0.2) is 40.9 Å². The molecule has 0 saturated carbocycles. The molecule has 0 heterocycles. The van der Waals surface area contributed by atoms with E-state index in [1.165, 1.54) is 7.11 Å². The van der Waals surface area contributed by atoms with Crippen LogP contribution in [0, 0.1) is 12.8 Å². The molecular weight excluding hydrogens is 438 g/mol. The Bertz CT molecular complexity index is 866. The number of halogens is 1. The van der Waals surface area contributed by atoms with Gasteiger partial charge in [0.15, 0.2) is 18.1 Å². The Morgan fingerprint density at radius 2 is 1.86 bits per heavy atom. The van der Waals surface area contributed by atoms with Gasteiger partial charge >= 0.3 is 5.97 Å². The standard InChI is InChI=1S/C22H26BrNO5/c1-14(2)9-10-28-19-8-5-16(12-20(19)27-4)22(26)29-13-21(25)24-18-7-6-17(23)11-15(18)3/h5-8,11-12,14H,9-10,13H2,1-4H3,(H,24,25). The molecule has 2 aromatic carbocycles. The number of amides is 1. The van der Waals surface area contributed by atoms with Gasteiger partial charge in [-0.05, 0) is 61.2 Å². The molecule has 0 aliphatic carbocycles. The third-order valence-electron chi connectivity index (χ3n) is 4.15. The van der Waals surface area contributed by atoms with Gasteiger partial charge in [0.1, 0.15) is 0 Å². The van der Waals surface area contributed by atoms with Crippen molar-refractivity contribution in [3.05, 3.63) is 52.0 Å². The second-order valence-electron chi connectivity index (χ2n) is 6.98. The van der Waals surface area contributed by atoms with Crippen molar-refractivity contribution in [3.63, 3.8) is 0 Å². The van der Waals surface area contributed by atoms with Crippen LogP contribution in [-0.4, -0.2) is 32.2 Å². The maximum Gasteiger partial charge on any atom is 0.338 e. The number of nitrogens with one attached hydrogen (secondary N) is 1. The molecule has 0 aromatic heterocycles. The SMILES string of the molecule is COc1cc(C(=O)OCC(=O)Nc2ccc(Br)cc2C)ccc1OCCC(C)C. The summed E-state index contributed by atoms with van der Waals surface area (Å²) in [6.07, 6.45) is 0.917. The minimum absolute atomic E-state index is 0.283. The van der Waals surface area contributed by atoms with Gasteiger partial charge in [0.05, 0.1) is 19.3 Å². The fourth-order valence-electron chi connectivity index (χ4n) is 2.49. The molecule has 0 spiro atoms. The Balaban J connectivity index is 1.93. The van der Waals surface area contributed by atoms with E-state index in [4.69, 9.17) is 14.2 Å². The number of carbonyl (C=O) groups is 2. The minimum Gasteiger partial charge on any atom is -0.493 e. The van der Waals surface area contributed by atoms with Crippen LogP contribution < -0.4 is 14.8 Å². The molecule has 0 saturated heterocycles. The van der Waals surface area contributed by atoms with Crippen molar-refractivity contribution in [2.75, 3.05) is 25.6 Å². The molecule has 0 radical (unpaired) electrons. The first-order valence-corrected chi connectivity index (χ1v) is 10.1. The zero-order valence-corrected chi connectivity index (χ0v) is 18.7. The molecule has 0 bridgehead atoms. The third kappa shape index (κ3) is 7.09. The maximum absolute atomic E-state index is 12.3. The highest BCUT2D eigenvalue weighted by Crippen LogP contribution is 2.28. The predicted molar refractivity (Wildman–Crippen MR) is 116 cm³/mol. The van der Waals surface area contributed by atoms with Crippen molar-refractivity contribution in [2.24, 2.45) is 5.92 Å². The number of methoxy groups -OCH3 is 1. The number of benzene rings is 2. The van der Waals surface area contributed by atoms with Crippen molar-refractivity contribution < 1.29 is 23.8 Å². The highest BCUT2D eigenvalue weighted by molar-refractivity contribution is 9.10. The number of anilines is 1. The molecule has 156 valence electrons. The van der Waals surface area contributed by atoms with E-state index in [9.17, 15) is 9.59 Å². The molecule has 0 unspecified atom stereocenters. The smallest absolute Gasteiger partial charge is 0.338 e. The number of esters is 1. The highest BCUT2D eigenvalue weighted by atomic mass is 79.9.